The number of benzene rings is 1. The minimum absolute atomic E-state index is 0.236. The van der Waals surface area contributed by atoms with Crippen LogP contribution in [0.25, 0.3) is 16.7 Å². The van der Waals surface area contributed by atoms with Crippen molar-refractivity contribution < 1.29 is 9.21 Å². The summed E-state index contributed by atoms with van der Waals surface area (Å²) in [6.07, 6.45) is 5.49. The van der Waals surface area contributed by atoms with Gasteiger partial charge < -0.3 is 9.73 Å². The minimum atomic E-state index is -0.434. The van der Waals surface area contributed by atoms with Gasteiger partial charge in [-0.2, -0.15) is 5.10 Å². The normalized spacial score (nSPS) is 12.5. The monoisotopic (exact) mass is 351 g/mol. The van der Waals surface area contributed by atoms with E-state index < -0.39 is 5.76 Å². The van der Waals surface area contributed by atoms with Gasteiger partial charge in [0, 0.05) is 25.0 Å². The molecule has 0 saturated heterocycles. The maximum Gasteiger partial charge on any atom is 0.420 e. The van der Waals surface area contributed by atoms with Gasteiger partial charge in [0.2, 0.25) is 0 Å². The molecule has 1 atom stereocenters. The van der Waals surface area contributed by atoms with Crippen LogP contribution in [-0.4, -0.2) is 31.1 Å². The largest absolute Gasteiger partial charge is 0.420 e. The molecule has 0 unspecified atom stereocenters. The first kappa shape index (κ1) is 16.1. The molecular formula is C18H17N5O3. The summed E-state index contributed by atoms with van der Waals surface area (Å²) in [6, 6.07) is 8.74. The van der Waals surface area contributed by atoms with E-state index in [1.165, 1.54) is 10.8 Å². The van der Waals surface area contributed by atoms with Gasteiger partial charge in [-0.05, 0) is 24.6 Å². The van der Waals surface area contributed by atoms with Crippen molar-refractivity contribution in [3.05, 3.63) is 65.0 Å². The number of nitrogens with zero attached hydrogens (tertiary/aromatic N) is 4. The molecule has 4 aromatic rings. The van der Waals surface area contributed by atoms with Crippen molar-refractivity contribution in [1.82, 2.24) is 24.5 Å². The highest BCUT2D eigenvalue weighted by atomic mass is 16.4. The molecule has 26 heavy (non-hydrogen) atoms. The molecule has 0 aliphatic carbocycles. The zero-order valence-corrected chi connectivity index (χ0v) is 14.1. The average Bonchev–Trinajstić information content (AvgIpc) is 3.22. The number of carbonyl (C=O) groups is 1. The number of carbonyl (C=O) groups excluding carboxylic acids is 1. The van der Waals surface area contributed by atoms with Crippen molar-refractivity contribution in [2.75, 3.05) is 0 Å². The molecule has 3 aromatic heterocycles. The smallest absolute Gasteiger partial charge is 0.408 e. The number of rotatable bonds is 5. The summed E-state index contributed by atoms with van der Waals surface area (Å²) in [5.41, 5.74) is 2.13. The van der Waals surface area contributed by atoms with Gasteiger partial charge in [-0.1, -0.05) is 19.1 Å². The van der Waals surface area contributed by atoms with Crippen LogP contribution >= 0.6 is 0 Å². The summed E-state index contributed by atoms with van der Waals surface area (Å²) in [5.74, 6) is -0.706. The standard InChI is InChI=1S/C18H17N5O3/c1-2-12(11-22-14-6-3-4-7-15(14)26-18(22)25)21-17(24)13-10-20-23-9-5-8-19-16(13)23/h3-10,12H,2,11H2,1H3,(H,21,24)/t12-/m1/s1. The zero-order valence-electron chi connectivity index (χ0n) is 14.1. The van der Waals surface area contributed by atoms with Crippen LogP contribution < -0.4 is 11.1 Å². The van der Waals surface area contributed by atoms with E-state index in [0.29, 0.717) is 35.3 Å². The van der Waals surface area contributed by atoms with Crippen LogP contribution in [-0.2, 0) is 6.54 Å². The van der Waals surface area contributed by atoms with E-state index in [0.717, 1.165) is 0 Å². The Labute approximate surface area is 148 Å². The summed E-state index contributed by atoms with van der Waals surface area (Å²) in [5, 5.41) is 7.08. The number of hydrogen-bond donors (Lipinski definition) is 1. The van der Waals surface area contributed by atoms with Crippen LogP contribution in [0.5, 0.6) is 0 Å². The summed E-state index contributed by atoms with van der Waals surface area (Å²) in [6.45, 7) is 2.28. The number of nitrogens with one attached hydrogen (secondary N) is 1. The van der Waals surface area contributed by atoms with Crippen LogP contribution in [0.15, 0.2) is 58.1 Å². The van der Waals surface area contributed by atoms with Crippen molar-refractivity contribution in [3.63, 3.8) is 0 Å². The van der Waals surface area contributed by atoms with Gasteiger partial charge in [0.05, 0.1) is 11.7 Å². The lowest BCUT2D eigenvalue weighted by Crippen LogP contribution is -2.39. The SMILES string of the molecule is CC[C@H](Cn1c(=O)oc2ccccc21)NC(=O)c1cnn2cccnc12. The summed E-state index contributed by atoms with van der Waals surface area (Å²) >= 11 is 0. The van der Waals surface area contributed by atoms with Gasteiger partial charge in [-0.25, -0.2) is 14.3 Å². The molecule has 0 aliphatic rings. The Morgan fingerprint density at radius 2 is 2.15 bits per heavy atom. The molecule has 1 N–H and O–H groups in total. The van der Waals surface area contributed by atoms with Gasteiger partial charge in [0.1, 0.15) is 5.56 Å². The topological polar surface area (TPSA) is 94.4 Å². The van der Waals surface area contributed by atoms with Crippen LogP contribution in [0.1, 0.15) is 23.7 Å². The molecule has 132 valence electrons. The van der Waals surface area contributed by atoms with E-state index in [4.69, 9.17) is 4.42 Å². The number of aromatic nitrogens is 4. The highest BCUT2D eigenvalue weighted by Gasteiger charge is 2.19. The van der Waals surface area contributed by atoms with Crippen LogP contribution in [0.3, 0.4) is 0 Å². The van der Waals surface area contributed by atoms with Crippen molar-refractivity contribution in [1.29, 1.82) is 0 Å². The first-order chi connectivity index (χ1) is 12.7. The Hall–Kier alpha value is -3.42. The fraction of sp³-hybridized carbons (Fsp3) is 0.222. The van der Waals surface area contributed by atoms with Crippen LogP contribution in [0.4, 0.5) is 0 Å². The maximum absolute atomic E-state index is 12.7. The van der Waals surface area contributed by atoms with Gasteiger partial charge in [0.15, 0.2) is 11.2 Å². The first-order valence-corrected chi connectivity index (χ1v) is 8.35. The van der Waals surface area contributed by atoms with Crippen molar-refractivity contribution >= 4 is 22.7 Å². The average molecular weight is 351 g/mol. The second-order valence-corrected chi connectivity index (χ2v) is 5.97. The maximum atomic E-state index is 12.7. The van der Waals surface area contributed by atoms with E-state index in [9.17, 15) is 9.59 Å². The highest BCUT2D eigenvalue weighted by molar-refractivity contribution is 5.99. The van der Waals surface area contributed by atoms with Crippen LogP contribution in [0.2, 0.25) is 0 Å². The lowest BCUT2D eigenvalue weighted by molar-refractivity contribution is 0.0933. The molecule has 0 spiro atoms. The highest BCUT2D eigenvalue weighted by Crippen LogP contribution is 2.13. The molecule has 4 rings (SSSR count). The van der Waals surface area contributed by atoms with Gasteiger partial charge in [-0.15, -0.1) is 0 Å². The lowest BCUT2D eigenvalue weighted by Gasteiger charge is -2.16. The van der Waals surface area contributed by atoms with E-state index >= 15 is 0 Å². The number of hydrogen-bond acceptors (Lipinski definition) is 5. The van der Waals surface area contributed by atoms with E-state index in [-0.39, 0.29) is 11.9 Å². The molecular weight excluding hydrogens is 334 g/mol. The Bertz CT molecular complexity index is 1140. The third kappa shape index (κ3) is 2.75. The molecule has 0 aliphatic heterocycles. The zero-order chi connectivity index (χ0) is 18.1. The van der Waals surface area contributed by atoms with Crippen molar-refractivity contribution in [2.45, 2.75) is 25.9 Å². The molecule has 8 heteroatoms. The summed E-state index contributed by atoms with van der Waals surface area (Å²) in [7, 11) is 0. The van der Waals surface area contributed by atoms with Crippen molar-refractivity contribution in [2.24, 2.45) is 0 Å². The van der Waals surface area contributed by atoms with E-state index in [1.54, 1.807) is 29.0 Å². The number of amides is 1. The molecule has 0 fully saturated rings. The second kappa shape index (κ2) is 6.47. The lowest BCUT2D eigenvalue weighted by atomic mass is 10.2. The number of para-hydroxylation sites is 2. The van der Waals surface area contributed by atoms with Gasteiger partial charge in [-0.3, -0.25) is 9.36 Å². The Morgan fingerprint density at radius 1 is 1.31 bits per heavy atom. The number of oxazole rings is 1. The summed E-state index contributed by atoms with van der Waals surface area (Å²) < 4.78 is 8.34. The molecule has 3 heterocycles. The third-order valence-corrected chi connectivity index (χ3v) is 4.33. The quantitative estimate of drug-likeness (QED) is 0.592. The third-order valence-electron chi connectivity index (χ3n) is 4.33. The molecule has 8 nitrogen and oxygen atoms in total. The number of fused-ring (bicyclic) bond motifs is 2. The fourth-order valence-corrected chi connectivity index (χ4v) is 2.93. The predicted molar refractivity (Wildman–Crippen MR) is 95.0 cm³/mol. The molecule has 1 amide bonds. The Kier molecular flexibility index (Phi) is 4.00. The Balaban J connectivity index is 1.59. The Morgan fingerprint density at radius 3 is 3.00 bits per heavy atom. The summed E-state index contributed by atoms with van der Waals surface area (Å²) in [4.78, 5) is 29.0. The van der Waals surface area contributed by atoms with Gasteiger partial charge >= 0.3 is 5.76 Å². The molecule has 0 bridgehead atoms. The molecule has 0 radical (unpaired) electrons. The molecule has 1 aromatic carbocycles. The van der Waals surface area contributed by atoms with Gasteiger partial charge in [0.25, 0.3) is 5.91 Å². The first-order valence-electron chi connectivity index (χ1n) is 8.35. The van der Waals surface area contributed by atoms with Crippen LogP contribution in [0, 0.1) is 0 Å². The van der Waals surface area contributed by atoms with E-state index in [1.807, 2.05) is 25.1 Å². The second-order valence-electron chi connectivity index (χ2n) is 5.97. The van der Waals surface area contributed by atoms with E-state index in [2.05, 4.69) is 15.4 Å². The predicted octanol–water partition coefficient (Wildman–Crippen LogP) is 1.85. The molecule has 0 saturated carbocycles. The fourth-order valence-electron chi connectivity index (χ4n) is 2.93. The minimum Gasteiger partial charge on any atom is -0.408 e. The van der Waals surface area contributed by atoms with Crippen molar-refractivity contribution in [3.8, 4) is 0 Å².